The van der Waals surface area contributed by atoms with E-state index in [9.17, 15) is 18.0 Å². The molecule has 0 aliphatic heterocycles. The molecule has 0 bridgehead atoms. The molecule has 3 aromatic carbocycles. The zero-order valence-electron chi connectivity index (χ0n) is 18.6. The zero-order chi connectivity index (χ0) is 24.7. The Hall–Kier alpha value is -4.21. The minimum Gasteiger partial charge on any atom is -0.464 e. The third-order valence-corrected chi connectivity index (χ3v) is 6.80. The molecule has 3 N–H and O–H groups in total. The van der Waals surface area contributed by atoms with Crippen molar-refractivity contribution < 1.29 is 22.0 Å². The maximum atomic E-state index is 12.7. The van der Waals surface area contributed by atoms with Crippen molar-refractivity contribution in [3.8, 4) is 11.1 Å². The Bertz CT molecular complexity index is 1750. The van der Waals surface area contributed by atoms with Gasteiger partial charge in [-0.1, -0.05) is 30.3 Å². The van der Waals surface area contributed by atoms with Crippen LogP contribution >= 0.6 is 0 Å². The lowest BCUT2D eigenvalue weighted by molar-refractivity contribution is -0.115. The highest BCUT2D eigenvalue weighted by molar-refractivity contribution is 7.89. The normalized spacial score (nSPS) is 11.7. The van der Waals surface area contributed by atoms with Gasteiger partial charge in [-0.2, -0.15) is 0 Å². The van der Waals surface area contributed by atoms with Crippen LogP contribution in [0.2, 0.25) is 0 Å². The van der Waals surface area contributed by atoms with Gasteiger partial charge in [0.15, 0.2) is 0 Å². The van der Waals surface area contributed by atoms with Gasteiger partial charge in [-0.3, -0.25) is 4.79 Å². The maximum absolute atomic E-state index is 12.7. The fraction of sp³-hybridized carbons (Fsp3) is 0.0769. The van der Waals surface area contributed by atoms with E-state index in [1.165, 1.54) is 24.3 Å². The SMILES string of the molecule is Cc1c(CC(=O)Nc2ccc(S(N)(=O)=O)cc2)c(=O)oc2cc3occ(-c4ccccc4)c3cc12. The third-order valence-electron chi connectivity index (χ3n) is 5.87. The van der Waals surface area contributed by atoms with Crippen molar-refractivity contribution >= 4 is 43.6 Å². The van der Waals surface area contributed by atoms with Gasteiger partial charge in [0.25, 0.3) is 0 Å². The van der Waals surface area contributed by atoms with Crippen molar-refractivity contribution in [2.75, 3.05) is 5.32 Å². The predicted molar refractivity (Wildman–Crippen MR) is 133 cm³/mol. The molecule has 0 unspecified atom stereocenters. The highest BCUT2D eigenvalue weighted by atomic mass is 32.2. The molecule has 35 heavy (non-hydrogen) atoms. The molecule has 0 saturated heterocycles. The third kappa shape index (κ3) is 4.34. The Labute approximate surface area is 200 Å². The van der Waals surface area contributed by atoms with Crippen LogP contribution in [0.1, 0.15) is 11.1 Å². The lowest BCUT2D eigenvalue weighted by atomic mass is 9.99. The van der Waals surface area contributed by atoms with Crippen LogP contribution < -0.4 is 16.1 Å². The second kappa shape index (κ2) is 8.53. The minimum absolute atomic E-state index is 0.0676. The summed E-state index contributed by atoms with van der Waals surface area (Å²) in [5.41, 5.74) is 3.51. The van der Waals surface area contributed by atoms with Crippen LogP contribution in [-0.2, 0) is 21.2 Å². The van der Waals surface area contributed by atoms with Gasteiger partial charge in [0.05, 0.1) is 23.1 Å². The molecule has 5 aromatic rings. The number of nitrogens with two attached hydrogens (primary N) is 1. The van der Waals surface area contributed by atoms with E-state index in [0.717, 1.165) is 16.5 Å². The summed E-state index contributed by atoms with van der Waals surface area (Å²) >= 11 is 0. The Morgan fingerprint density at radius 2 is 1.69 bits per heavy atom. The first-order valence-corrected chi connectivity index (χ1v) is 12.2. The Balaban J connectivity index is 1.48. The standard InChI is InChI=1S/C26H20N2O6S/c1-15-19-11-21-22(16-5-3-2-4-6-16)14-33-23(21)13-24(19)34-26(30)20(15)12-25(29)28-17-7-9-18(10-8-17)35(27,31)32/h2-11,13-14H,12H2,1H3,(H,28,29)(H2,27,31,32). The second-order valence-corrected chi connectivity index (χ2v) is 9.71. The van der Waals surface area contributed by atoms with Gasteiger partial charge in [0.1, 0.15) is 11.2 Å². The van der Waals surface area contributed by atoms with Crippen LogP contribution in [0.25, 0.3) is 33.1 Å². The summed E-state index contributed by atoms with van der Waals surface area (Å²) in [4.78, 5) is 25.3. The highest BCUT2D eigenvalue weighted by Crippen LogP contribution is 2.34. The molecule has 0 aliphatic rings. The van der Waals surface area contributed by atoms with E-state index in [1.807, 2.05) is 36.4 Å². The summed E-state index contributed by atoms with van der Waals surface area (Å²) in [5.74, 6) is -0.447. The Kier molecular flexibility index (Phi) is 5.50. The highest BCUT2D eigenvalue weighted by Gasteiger charge is 2.18. The van der Waals surface area contributed by atoms with Gasteiger partial charge >= 0.3 is 5.63 Å². The van der Waals surface area contributed by atoms with Crippen molar-refractivity contribution in [1.82, 2.24) is 0 Å². The molecule has 5 rings (SSSR count). The number of primary sulfonamides is 1. The van der Waals surface area contributed by atoms with Crippen LogP contribution in [0.3, 0.4) is 0 Å². The molecule has 2 aromatic heterocycles. The number of anilines is 1. The molecule has 176 valence electrons. The van der Waals surface area contributed by atoms with Crippen LogP contribution in [0.4, 0.5) is 5.69 Å². The van der Waals surface area contributed by atoms with Gasteiger partial charge < -0.3 is 14.2 Å². The minimum atomic E-state index is -3.83. The number of carbonyl (C=O) groups is 1. The van der Waals surface area contributed by atoms with E-state index < -0.39 is 21.6 Å². The average Bonchev–Trinajstić information content (AvgIpc) is 3.24. The van der Waals surface area contributed by atoms with Crippen molar-refractivity contribution in [3.63, 3.8) is 0 Å². The number of hydrogen-bond acceptors (Lipinski definition) is 6. The molecule has 2 heterocycles. The summed E-state index contributed by atoms with van der Waals surface area (Å²) in [6, 6.07) is 18.8. The number of nitrogens with one attached hydrogen (secondary N) is 1. The summed E-state index contributed by atoms with van der Waals surface area (Å²) in [7, 11) is -3.83. The van der Waals surface area contributed by atoms with E-state index in [2.05, 4.69) is 5.32 Å². The smallest absolute Gasteiger partial charge is 0.340 e. The number of fused-ring (bicyclic) bond motifs is 2. The van der Waals surface area contributed by atoms with E-state index in [-0.39, 0.29) is 16.9 Å². The van der Waals surface area contributed by atoms with E-state index in [1.54, 1.807) is 19.3 Å². The lowest BCUT2D eigenvalue weighted by Crippen LogP contribution is -2.20. The molecule has 9 heteroatoms. The van der Waals surface area contributed by atoms with Crippen LogP contribution in [0, 0.1) is 6.92 Å². The van der Waals surface area contributed by atoms with Crippen molar-refractivity contribution in [1.29, 1.82) is 0 Å². The first kappa shape index (κ1) is 22.6. The number of carbonyl (C=O) groups excluding carboxylic acids is 1. The van der Waals surface area contributed by atoms with Crippen molar-refractivity contribution in [2.45, 2.75) is 18.2 Å². The largest absolute Gasteiger partial charge is 0.464 e. The quantitative estimate of drug-likeness (QED) is 0.354. The van der Waals surface area contributed by atoms with Crippen molar-refractivity contribution in [3.05, 3.63) is 94.5 Å². The molecule has 0 atom stereocenters. The fourth-order valence-electron chi connectivity index (χ4n) is 4.05. The topological polar surface area (TPSA) is 133 Å². The number of benzene rings is 3. The number of hydrogen-bond donors (Lipinski definition) is 2. The van der Waals surface area contributed by atoms with Crippen molar-refractivity contribution in [2.24, 2.45) is 5.14 Å². The molecule has 1 amide bonds. The zero-order valence-corrected chi connectivity index (χ0v) is 19.4. The van der Waals surface area contributed by atoms with E-state index >= 15 is 0 Å². The molecule has 0 spiro atoms. The number of furan rings is 1. The number of sulfonamides is 1. The average molecular weight is 489 g/mol. The fourth-order valence-corrected chi connectivity index (χ4v) is 4.56. The van der Waals surface area contributed by atoms with Gasteiger partial charge in [-0.25, -0.2) is 18.4 Å². The molecule has 0 fully saturated rings. The van der Waals surface area contributed by atoms with Crippen LogP contribution in [0.5, 0.6) is 0 Å². The van der Waals surface area contributed by atoms with Gasteiger partial charge in [0.2, 0.25) is 15.9 Å². The lowest BCUT2D eigenvalue weighted by Gasteiger charge is -2.09. The summed E-state index contributed by atoms with van der Waals surface area (Å²) in [5, 5.41) is 9.32. The molecule has 0 saturated carbocycles. The molecular weight excluding hydrogens is 468 g/mol. The Morgan fingerprint density at radius 1 is 0.971 bits per heavy atom. The van der Waals surface area contributed by atoms with Gasteiger partial charge in [-0.05, 0) is 48.4 Å². The van der Waals surface area contributed by atoms with Crippen LogP contribution in [-0.4, -0.2) is 14.3 Å². The van der Waals surface area contributed by atoms with Gasteiger partial charge in [0, 0.05) is 28.1 Å². The van der Waals surface area contributed by atoms with E-state index in [4.69, 9.17) is 14.0 Å². The molecular formula is C26H20N2O6S. The summed E-state index contributed by atoms with van der Waals surface area (Å²) < 4.78 is 34.0. The van der Waals surface area contributed by atoms with Gasteiger partial charge in [-0.15, -0.1) is 0 Å². The first-order chi connectivity index (χ1) is 16.7. The number of amides is 1. The first-order valence-electron chi connectivity index (χ1n) is 10.7. The number of aryl methyl sites for hydroxylation is 1. The summed E-state index contributed by atoms with van der Waals surface area (Å²) in [6.07, 6.45) is 1.46. The maximum Gasteiger partial charge on any atom is 0.340 e. The Morgan fingerprint density at radius 3 is 2.37 bits per heavy atom. The molecule has 0 aliphatic carbocycles. The molecule has 0 radical (unpaired) electrons. The summed E-state index contributed by atoms with van der Waals surface area (Å²) in [6.45, 7) is 1.77. The monoisotopic (exact) mass is 488 g/mol. The number of rotatable bonds is 5. The van der Waals surface area contributed by atoms with Crippen LogP contribution in [0.15, 0.2) is 91.5 Å². The predicted octanol–water partition coefficient (Wildman–Crippen LogP) is 4.34. The second-order valence-electron chi connectivity index (χ2n) is 8.15. The molecule has 8 nitrogen and oxygen atoms in total. The van der Waals surface area contributed by atoms with E-state index in [0.29, 0.717) is 27.8 Å².